The number of rotatable bonds is 1. The van der Waals surface area contributed by atoms with Gasteiger partial charge in [-0.25, -0.2) is 0 Å². The topological polar surface area (TPSA) is 38.8 Å². The second kappa shape index (κ2) is 6.71. The second-order valence-corrected chi connectivity index (χ2v) is 8.06. The van der Waals surface area contributed by atoms with Crippen LogP contribution in [0.2, 0.25) is 0 Å². The summed E-state index contributed by atoms with van der Waals surface area (Å²) >= 11 is 0. The molecule has 0 aromatic heterocycles. The number of nitrogens with one attached hydrogen (secondary N) is 1. The summed E-state index contributed by atoms with van der Waals surface area (Å²) in [6, 6.07) is 8.53. The maximum atomic E-state index is 13.4. The Morgan fingerprint density at radius 2 is 1.84 bits per heavy atom. The number of nitrogens with zero attached hydrogens (tertiary/aromatic N) is 3. The minimum Gasteiger partial charge on any atom is -0.338 e. The van der Waals surface area contributed by atoms with Crippen molar-refractivity contribution in [1.82, 2.24) is 20.0 Å². The van der Waals surface area contributed by atoms with Gasteiger partial charge in [-0.3, -0.25) is 14.6 Å². The third-order valence-electron chi connectivity index (χ3n) is 6.61. The fourth-order valence-corrected chi connectivity index (χ4v) is 4.82. The van der Waals surface area contributed by atoms with Crippen molar-refractivity contribution in [3.8, 4) is 0 Å². The molecule has 1 aromatic carbocycles. The zero-order valence-electron chi connectivity index (χ0n) is 15.5. The summed E-state index contributed by atoms with van der Waals surface area (Å²) in [4.78, 5) is 20.2. The van der Waals surface area contributed by atoms with Crippen LogP contribution in [0.5, 0.6) is 0 Å². The van der Waals surface area contributed by atoms with Gasteiger partial charge in [0.25, 0.3) is 0 Å². The van der Waals surface area contributed by atoms with E-state index in [1.807, 2.05) is 0 Å². The van der Waals surface area contributed by atoms with Gasteiger partial charge >= 0.3 is 0 Å². The molecule has 136 valence electrons. The number of piperazine rings is 1. The molecule has 0 radical (unpaired) electrons. The van der Waals surface area contributed by atoms with Crippen LogP contribution in [0.4, 0.5) is 0 Å². The normalized spacial score (nSPS) is 27.3. The van der Waals surface area contributed by atoms with Crippen molar-refractivity contribution < 1.29 is 4.79 Å². The lowest BCUT2D eigenvalue weighted by Gasteiger charge is -2.52. The standard InChI is InChI=1S/C20H30N4O/c1-22-14-17-6-4-3-5-16(17)13-18(22)19(25)24-12-11-23(2)20(15-24)7-9-21-10-8-20/h3-6,18,21H,7-15H2,1-2H3. The number of piperidine rings is 1. The Bertz CT molecular complexity index is 640. The van der Waals surface area contributed by atoms with Crippen LogP contribution in [-0.2, 0) is 17.8 Å². The number of likely N-dealkylation sites (N-methyl/N-ethyl adjacent to an activating group) is 2. The van der Waals surface area contributed by atoms with Crippen LogP contribution in [0, 0.1) is 0 Å². The summed E-state index contributed by atoms with van der Waals surface area (Å²) < 4.78 is 0. The number of carbonyl (C=O) groups is 1. The highest BCUT2D eigenvalue weighted by molar-refractivity contribution is 5.83. The van der Waals surface area contributed by atoms with Gasteiger partial charge in [-0.1, -0.05) is 24.3 Å². The third-order valence-corrected chi connectivity index (χ3v) is 6.61. The van der Waals surface area contributed by atoms with Gasteiger partial charge in [0.1, 0.15) is 0 Å². The van der Waals surface area contributed by atoms with E-state index in [-0.39, 0.29) is 11.6 Å². The maximum Gasteiger partial charge on any atom is 0.240 e. The van der Waals surface area contributed by atoms with Gasteiger partial charge in [0, 0.05) is 31.7 Å². The molecule has 1 aromatic rings. The predicted molar refractivity (Wildman–Crippen MR) is 99.4 cm³/mol. The Hall–Kier alpha value is -1.43. The minimum atomic E-state index is -0.0166. The molecular weight excluding hydrogens is 312 g/mol. The van der Waals surface area contributed by atoms with E-state index in [1.54, 1.807) is 0 Å². The first-order chi connectivity index (χ1) is 12.1. The molecule has 0 aliphatic carbocycles. The fraction of sp³-hybridized carbons (Fsp3) is 0.650. The van der Waals surface area contributed by atoms with E-state index in [2.05, 4.69) is 58.4 Å². The largest absolute Gasteiger partial charge is 0.338 e. The number of amides is 1. The monoisotopic (exact) mass is 342 g/mol. The number of carbonyl (C=O) groups excluding carboxylic acids is 1. The van der Waals surface area contributed by atoms with Crippen molar-refractivity contribution in [3.63, 3.8) is 0 Å². The summed E-state index contributed by atoms with van der Waals surface area (Å²) in [5.74, 6) is 0.322. The Balaban J connectivity index is 1.51. The molecule has 5 heteroatoms. The highest BCUT2D eigenvalue weighted by Gasteiger charge is 2.43. The summed E-state index contributed by atoms with van der Waals surface area (Å²) in [6.45, 7) is 5.72. The molecule has 2 fully saturated rings. The van der Waals surface area contributed by atoms with Crippen LogP contribution in [0.25, 0.3) is 0 Å². The van der Waals surface area contributed by atoms with Crippen molar-refractivity contribution in [2.45, 2.75) is 37.4 Å². The Morgan fingerprint density at radius 1 is 1.12 bits per heavy atom. The first-order valence-corrected chi connectivity index (χ1v) is 9.57. The van der Waals surface area contributed by atoms with Crippen molar-refractivity contribution in [2.24, 2.45) is 0 Å². The SMILES string of the molecule is CN1Cc2ccccc2CC1C(=O)N1CCN(C)C2(CCNCC2)C1. The van der Waals surface area contributed by atoms with Crippen molar-refractivity contribution >= 4 is 5.91 Å². The zero-order valence-corrected chi connectivity index (χ0v) is 15.5. The van der Waals surface area contributed by atoms with Gasteiger partial charge in [-0.05, 0) is 57.6 Å². The first kappa shape index (κ1) is 17.0. The Morgan fingerprint density at radius 3 is 2.60 bits per heavy atom. The molecule has 1 spiro atoms. The summed E-state index contributed by atoms with van der Waals surface area (Å²) in [6.07, 6.45) is 3.11. The van der Waals surface area contributed by atoms with E-state index in [1.165, 1.54) is 11.1 Å². The van der Waals surface area contributed by atoms with Gasteiger partial charge in [-0.15, -0.1) is 0 Å². The smallest absolute Gasteiger partial charge is 0.240 e. The maximum absolute atomic E-state index is 13.4. The lowest BCUT2D eigenvalue weighted by molar-refractivity contribution is -0.143. The van der Waals surface area contributed by atoms with Gasteiger partial charge in [0.2, 0.25) is 5.91 Å². The van der Waals surface area contributed by atoms with E-state index in [4.69, 9.17) is 0 Å². The molecule has 1 unspecified atom stereocenters. The van der Waals surface area contributed by atoms with Crippen LogP contribution in [0.3, 0.4) is 0 Å². The summed E-state index contributed by atoms with van der Waals surface area (Å²) in [5, 5.41) is 3.46. The number of hydrogen-bond donors (Lipinski definition) is 1. The van der Waals surface area contributed by atoms with Crippen LogP contribution in [0.1, 0.15) is 24.0 Å². The molecule has 0 saturated carbocycles. The van der Waals surface area contributed by atoms with Gasteiger partial charge in [-0.2, -0.15) is 0 Å². The predicted octanol–water partition coefficient (Wildman–Crippen LogP) is 0.939. The average molecular weight is 342 g/mol. The van der Waals surface area contributed by atoms with Crippen LogP contribution < -0.4 is 5.32 Å². The molecule has 3 aliphatic heterocycles. The third kappa shape index (κ3) is 3.09. The van der Waals surface area contributed by atoms with Gasteiger partial charge in [0.15, 0.2) is 0 Å². The van der Waals surface area contributed by atoms with E-state index < -0.39 is 0 Å². The second-order valence-electron chi connectivity index (χ2n) is 8.06. The van der Waals surface area contributed by atoms with Crippen LogP contribution >= 0.6 is 0 Å². The van der Waals surface area contributed by atoms with E-state index in [0.29, 0.717) is 5.91 Å². The molecule has 4 rings (SSSR count). The van der Waals surface area contributed by atoms with E-state index in [0.717, 1.165) is 58.5 Å². The lowest BCUT2D eigenvalue weighted by Crippen LogP contribution is -2.66. The Kier molecular flexibility index (Phi) is 4.56. The van der Waals surface area contributed by atoms with E-state index in [9.17, 15) is 4.79 Å². The molecule has 1 amide bonds. The molecule has 0 bridgehead atoms. The average Bonchev–Trinajstić information content (AvgIpc) is 2.64. The molecule has 3 aliphatic rings. The van der Waals surface area contributed by atoms with Crippen LogP contribution in [-0.4, -0.2) is 79.0 Å². The van der Waals surface area contributed by atoms with E-state index >= 15 is 0 Å². The Labute approximate surface area is 151 Å². The number of hydrogen-bond acceptors (Lipinski definition) is 4. The van der Waals surface area contributed by atoms with Crippen molar-refractivity contribution in [1.29, 1.82) is 0 Å². The highest BCUT2D eigenvalue weighted by atomic mass is 16.2. The van der Waals surface area contributed by atoms with Crippen molar-refractivity contribution in [3.05, 3.63) is 35.4 Å². The fourth-order valence-electron chi connectivity index (χ4n) is 4.82. The zero-order chi connectivity index (χ0) is 17.4. The summed E-state index contributed by atoms with van der Waals surface area (Å²) in [5.41, 5.74) is 2.87. The summed E-state index contributed by atoms with van der Waals surface area (Å²) in [7, 11) is 4.32. The molecule has 1 N–H and O–H groups in total. The number of fused-ring (bicyclic) bond motifs is 1. The lowest BCUT2D eigenvalue weighted by atomic mass is 9.84. The molecular formula is C20H30N4O. The molecule has 25 heavy (non-hydrogen) atoms. The highest BCUT2D eigenvalue weighted by Crippen LogP contribution is 2.31. The molecule has 1 atom stereocenters. The first-order valence-electron chi connectivity index (χ1n) is 9.57. The molecule has 2 saturated heterocycles. The molecule has 5 nitrogen and oxygen atoms in total. The molecule has 3 heterocycles. The van der Waals surface area contributed by atoms with Crippen LogP contribution in [0.15, 0.2) is 24.3 Å². The van der Waals surface area contributed by atoms with Gasteiger partial charge < -0.3 is 10.2 Å². The van der Waals surface area contributed by atoms with Crippen molar-refractivity contribution in [2.75, 3.05) is 46.8 Å². The van der Waals surface area contributed by atoms with Gasteiger partial charge in [0.05, 0.1) is 6.04 Å². The number of benzene rings is 1. The minimum absolute atomic E-state index is 0.0166. The quantitative estimate of drug-likeness (QED) is 0.824.